The molecule has 0 saturated carbocycles. The Morgan fingerprint density at radius 3 is 1.86 bits per heavy atom. The molecule has 44 heavy (non-hydrogen) atoms. The molecular formula is C31H36O7S6. The summed E-state index contributed by atoms with van der Waals surface area (Å²) in [6.07, 6.45) is 1.33. The molecule has 0 aliphatic carbocycles. The first kappa shape index (κ1) is 35.3. The number of fused-ring (bicyclic) bond motifs is 1. The van der Waals surface area contributed by atoms with Crippen LogP contribution in [0.15, 0.2) is 61.7 Å². The molecule has 0 aromatic heterocycles. The first-order valence-electron chi connectivity index (χ1n) is 14.0. The van der Waals surface area contributed by atoms with Crippen molar-refractivity contribution in [2.75, 3.05) is 59.2 Å². The highest BCUT2D eigenvalue weighted by Gasteiger charge is 2.21. The second kappa shape index (κ2) is 19.2. The van der Waals surface area contributed by atoms with Crippen LogP contribution in [0.5, 0.6) is 5.75 Å². The van der Waals surface area contributed by atoms with Gasteiger partial charge in [-0.3, -0.25) is 0 Å². The van der Waals surface area contributed by atoms with E-state index in [0.29, 0.717) is 32.0 Å². The van der Waals surface area contributed by atoms with Gasteiger partial charge in [-0.2, -0.15) is 23.5 Å². The fourth-order valence-corrected chi connectivity index (χ4v) is 12.9. The molecule has 0 N–H and O–H groups in total. The summed E-state index contributed by atoms with van der Waals surface area (Å²) in [5.41, 5.74) is 0.401. The average molecular weight is 713 g/mol. The molecule has 238 valence electrons. The number of rotatable bonds is 18. The van der Waals surface area contributed by atoms with Gasteiger partial charge in [-0.1, -0.05) is 25.3 Å². The lowest BCUT2D eigenvalue weighted by Gasteiger charge is -2.19. The molecule has 2 saturated heterocycles. The molecule has 2 aromatic carbocycles. The first-order chi connectivity index (χ1) is 21.4. The minimum atomic E-state index is -0.556. The Hall–Kier alpha value is -1.51. The molecule has 0 amide bonds. The van der Waals surface area contributed by atoms with Gasteiger partial charge in [-0.25, -0.2) is 14.4 Å². The normalized spacial score (nSPS) is 16.7. The molecule has 2 aliphatic heterocycles. The van der Waals surface area contributed by atoms with E-state index in [0.717, 1.165) is 39.9 Å². The maximum atomic E-state index is 12.9. The van der Waals surface area contributed by atoms with Crippen molar-refractivity contribution in [3.05, 3.63) is 67.3 Å². The molecule has 0 spiro atoms. The van der Waals surface area contributed by atoms with Crippen molar-refractivity contribution >= 4 is 99.3 Å². The van der Waals surface area contributed by atoms with Crippen LogP contribution in [0, 0.1) is 0 Å². The van der Waals surface area contributed by atoms with Gasteiger partial charge in [-0.05, 0) is 35.0 Å². The minimum Gasteiger partial charge on any atom is -0.490 e. The quantitative estimate of drug-likeness (QED) is 0.0940. The third-order valence-corrected chi connectivity index (χ3v) is 15.5. The topological polar surface area (TPSA) is 88.1 Å². The molecule has 4 rings (SSSR count). The van der Waals surface area contributed by atoms with Gasteiger partial charge in [0.15, 0.2) is 0 Å². The highest BCUT2D eigenvalue weighted by molar-refractivity contribution is 8.21. The average Bonchev–Trinajstić information content (AvgIpc) is 3.76. The molecule has 7 nitrogen and oxygen atoms in total. The van der Waals surface area contributed by atoms with Crippen LogP contribution < -0.4 is 4.74 Å². The summed E-state index contributed by atoms with van der Waals surface area (Å²) >= 11 is 11.3. The Bertz CT molecular complexity index is 1280. The fourth-order valence-electron chi connectivity index (χ4n) is 4.14. The Morgan fingerprint density at radius 1 is 0.773 bits per heavy atom. The van der Waals surface area contributed by atoms with Crippen LogP contribution in [-0.4, -0.2) is 98.5 Å². The summed E-state index contributed by atoms with van der Waals surface area (Å²) in [5, 5.41) is 1.74. The molecular weight excluding hydrogens is 677 g/mol. The molecule has 2 unspecified atom stereocenters. The Labute approximate surface area is 284 Å². The molecule has 2 atom stereocenters. The van der Waals surface area contributed by atoms with Gasteiger partial charge in [0.25, 0.3) is 0 Å². The lowest BCUT2D eigenvalue weighted by Crippen LogP contribution is -2.27. The van der Waals surface area contributed by atoms with Gasteiger partial charge < -0.3 is 18.9 Å². The monoisotopic (exact) mass is 712 g/mol. The zero-order valence-electron chi connectivity index (χ0n) is 24.2. The summed E-state index contributed by atoms with van der Waals surface area (Å²) < 4.78 is 23.6. The zero-order valence-corrected chi connectivity index (χ0v) is 29.1. The summed E-state index contributed by atoms with van der Waals surface area (Å²) in [6.45, 7) is 7.16. The van der Waals surface area contributed by atoms with Crippen molar-refractivity contribution in [2.24, 2.45) is 0 Å². The zero-order chi connectivity index (χ0) is 31.1. The van der Waals surface area contributed by atoms with Crippen LogP contribution >= 0.6 is 70.6 Å². The molecule has 2 heterocycles. The number of benzene rings is 2. The van der Waals surface area contributed by atoms with Crippen molar-refractivity contribution in [3.63, 3.8) is 0 Å². The van der Waals surface area contributed by atoms with Crippen molar-refractivity contribution in [1.82, 2.24) is 0 Å². The second-order valence-corrected chi connectivity index (χ2v) is 17.6. The van der Waals surface area contributed by atoms with E-state index in [1.807, 2.05) is 71.3 Å². The minimum absolute atomic E-state index is 0.0323. The number of esters is 3. The van der Waals surface area contributed by atoms with E-state index >= 15 is 0 Å². The standard InChI is InChI=1S/C31H36O7S6/c1-3-27(32)37-25(17-39-19-29-41-9-10-42-29)15-35-24-8-7-21-13-23(6-5-22(21)14-24)31(34)36-16-26(38-28(33)4-2)18-40-20-30-43-11-12-44-30/h3-8,13-14,25-26,29-30H,1-2,9-12,15-20H2. The molecule has 2 fully saturated rings. The van der Waals surface area contributed by atoms with Crippen LogP contribution in [0.3, 0.4) is 0 Å². The number of carbonyl (C=O) groups excluding carboxylic acids is 3. The fraction of sp³-hybridized carbons (Fsp3) is 0.452. The molecule has 0 radical (unpaired) electrons. The Kier molecular flexibility index (Phi) is 15.4. The molecule has 13 heteroatoms. The first-order valence-corrected chi connectivity index (χ1v) is 20.6. The highest BCUT2D eigenvalue weighted by atomic mass is 32.2. The lowest BCUT2D eigenvalue weighted by molar-refractivity contribution is -0.144. The predicted molar refractivity (Wildman–Crippen MR) is 192 cm³/mol. The van der Waals surface area contributed by atoms with E-state index in [4.69, 9.17) is 18.9 Å². The van der Waals surface area contributed by atoms with Gasteiger partial charge >= 0.3 is 17.9 Å². The van der Waals surface area contributed by atoms with Gasteiger partial charge in [0.05, 0.1) is 14.7 Å². The van der Waals surface area contributed by atoms with Crippen molar-refractivity contribution < 1.29 is 33.3 Å². The highest BCUT2D eigenvalue weighted by Crippen LogP contribution is 2.35. The van der Waals surface area contributed by atoms with E-state index in [-0.39, 0.29) is 13.2 Å². The number of hydrogen-bond acceptors (Lipinski definition) is 13. The van der Waals surface area contributed by atoms with E-state index in [1.165, 1.54) is 17.6 Å². The SMILES string of the molecule is C=CC(=O)OC(COC(=O)c1ccc2cc(OCC(CSCC3SCCS3)OC(=O)C=C)ccc2c1)CSCC1SCCS1. The van der Waals surface area contributed by atoms with Crippen LogP contribution in [0.1, 0.15) is 10.4 Å². The van der Waals surface area contributed by atoms with Crippen LogP contribution in [0.2, 0.25) is 0 Å². The maximum Gasteiger partial charge on any atom is 0.338 e. The van der Waals surface area contributed by atoms with Gasteiger partial charge in [0.2, 0.25) is 0 Å². The van der Waals surface area contributed by atoms with E-state index in [1.54, 1.807) is 35.7 Å². The van der Waals surface area contributed by atoms with Crippen LogP contribution in [0.4, 0.5) is 0 Å². The summed E-state index contributed by atoms with van der Waals surface area (Å²) in [5.74, 6) is 6.96. The Balaban J connectivity index is 1.29. The number of carbonyl (C=O) groups is 3. The van der Waals surface area contributed by atoms with E-state index < -0.39 is 30.1 Å². The molecule has 0 bridgehead atoms. The predicted octanol–water partition coefficient (Wildman–Crippen LogP) is 6.65. The third kappa shape index (κ3) is 12.0. The van der Waals surface area contributed by atoms with Gasteiger partial charge in [-0.15, -0.1) is 47.0 Å². The second-order valence-electron chi connectivity index (χ2n) is 9.58. The van der Waals surface area contributed by atoms with E-state index in [2.05, 4.69) is 13.2 Å². The molecule has 2 aliphatic rings. The molecule has 2 aromatic rings. The third-order valence-electron chi connectivity index (χ3n) is 6.28. The lowest BCUT2D eigenvalue weighted by atomic mass is 10.1. The van der Waals surface area contributed by atoms with Crippen molar-refractivity contribution in [2.45, 2.75) is 21.4 Å². The number of thioether (sulfide) groups is 6. The van der Waals surface area contributed by atoms with Gasteiger partial charge in [0, 0.05) is 58.2 Å². The number of ether oxygens (including phenoxy) is 4. The maximum absolute atomic E-state index is 12.9. The smallest absolute Gasteiger partial charge is 0.338 e. The summed E-state index contributed by atoms with van der Waals surface area (Å²) in [6, 6.07) is 10.9. The van der Waals surface area contributed by atoms with Crippen LogP contribution in [0.25, 0.3) is 10.8 Å². The van der Waals surface area contributed by atoms with E-state index in [9.17, 15) is 14.4 Å². The largest absolute Gasteiger partial charge is 0.490 e. The summed E-state index contributed by atoms with van der Waals surface area (Å²) in [7, 11) is 0. The Morgan fingerprint density at radius 2 is 1.30 bits per heavy atom. The van der Waals surface area contributed by atoms with Crippen molar-refractivity contribution in [3.8, 4) is 5.75 Å². The van der Waals surface area contributed by atoms with Gasteiger partial charge in [0.1, 0.15) is 31.2 Å². The number of hydrogen-bond donors (Lipinski definition) is 0. The van der Waals surface area contributed by atoms with Crippen molar-refractivity contribution in [1.29, 1.82) is 0 Å². The summed E-state index contributed by atoms with van der Waals surface area (Å²) in [4.78, 5) is 36.6. The van der Waals surface area contributed by atoms with Crippen LogP contribution in [-0.2, 0) is 23.8 Å².